The fourth-order valence-corrected chi connectivity index (χ4v) is 3.17. The van der Waals surface area contributed by atoms with Crippen LogP contribution in [0.4, 0.5) is 0 Å². The molecule has 0 saturated heterocycles. The molecule has 6 nitrogen and oxygen atoms in total. The van der Waals surface area contributed by atoms with Gasteiger partial charge in [0.15, 0.2) is 0 Å². The van der Waals surface area contributed by atoms with E-state index in [0.717, 1.165) is 5.56 Å². The molecule has 0 saturated carbocycles. The zero-order chi connectivity index (χ0) is 16.2. The molecule has 0 bridgehead atoms. The Labute approximate surface area is 130 Å². The number of aromatic nitrogens is 2. The van der Waals surface area contributed by atoms with Gasteiger partial charge in [-0.1, -0.05) is 30.3 Å². The van der Waals surface area contributed by atoms with Crippen LogP contribution in [0.1, 0.15) is 18.1 Å². The van der Waals surface area contributed by atoms with Crippen molar-refractivity contribution in [2.45, 2.75) is 18.9 Å². The van der Waals surface area contributed by atoms with Gasteiger partial charge in [-0.3, -0.25) is 4.68 Å². The van der Waals surface area contributed by atoms with Crippen molar-refractivity contribution in [3.8, 4) is 0 Å². The van der Waals surface area contributed by atoms with Crippen molar-refractivity contribution in [1.82, 2.24) is 14.5 Å². The first-order valence-electron chi connectivity index (χ1n) is 7.01. The maximum Gasteiger partial charge on any atom is 0.212 e. The molecule has 0 fully saturated rings. The minimum absolute atomic E-state index is 0.0138. The van der Waals surface area contributed by atoms with Crippen LogP contribution in [0.5, 0.6) is 0 Å². The van der Waals surface area contributed by atoms with Crippen LogP contribution in [0.25, 0.3) is 0 Å². The molecule has 120 valence electrons. The van der Waals surface area contributed by atoms with E-state index in [1.807, 2.05) is 30.3 Å². The summed E-state index contributed by atoms with van der Waals surface area (Å²) in [4.78, 5) is 0. The molecular formula is C15H21N3O3S. The van der Waals surface area contributed by atoms with Crippen LogP contribution < -0.4 is 4.72 Å². The average Bonchev–Trinajstić information content (AvgIpc) is 2.92. The number of nitrogens with one attached hydrogen (secondary N) is 1. The van der Waals surface area contributed by atoms with Gasteiger partial charge in [-0.15, -0.1) is 0 Å². The Morgan fingerprint density at radius 3 is 2.59 bits per heavy atom. The summed E-state index contributed by atoms with van der Waals surface area (Å²) in [5.74, 6) is -0.0138. The second-order valence-corrected chi connectivity index (χ2v) is 7.48. The Kier molecular flexibility index (Phi) is 5.00. The van der Waals surface area contributed by atoms with E-state index in [2.05, 4.69) is 9.82 Å². The fourth-order valence-electron chi connectivity index (χ4n) is 2.02. The molecule has 0 spiro atoms. The van der Waals surface area contributed by atoms with Crippen molar-refractivity contribution in [1.29, 1.82) is 0 Å². The first-order chi connectivity index (χ1) is 10.3. The molecule has 2 rings (SSSR count). The fraction of sp³-hybridized carbons (Fsp3) is 0.400. The van der Waals surface area contributed by atoms with E-state index in [1.54, 1.807) is 24.9 Å². The van der Waals surface area contributed by atoms with Crippen molar-refractivity contribution < 1.29 is 13.5 Å². The number of hydrogen-bond donors (Lipinski definition) is 2. The van der Waals surface area contributed by atoms with Crippen LogP contribution in [0.15, 0.2) is 42.7 Å². The molecule has 0 unspecified atom stereocenters. The zero-order valence-corrected chi connectivity index (χ0v) is 13.5. The lowest BCUT2D eigenvalue weighted by Crippen LogP contribution is -2.39. The standard InChI is InChI=1S/C15H21N3O3S/c1-15(19,14-10-16-18(2)11-14)12-17-22(20,21)9-8-13-6-4-3-5-7-13/h3-7,10-11,17,19H,8-9,12H2,1-2H3/t15-/m0/s1. The van der Waals surface area contributed by atoms with Crippen molar-refractivity contribution in [2.75, 3.05) is 12.3 Å². The third-order valence-corrected chi connectivity index (χ3v) is 4.79. The summed E-state index contributed by atoms with van der Waals surface area (Å²) >= 11 is 0. The lowest BCUT2D eigenvalue weighted by atomic mass is 10.0. The summed E-state index contributed by atoms with van der Waals surface area (Å²) in [6, 6.07) is 9.43. The molecule has 1 aromatic heterocycles. The molecule has 0 aliphatic rings. The van der Waals surface area contributed by atoms with Crippen molar-refractivity contribution in [2.24, 2.45) is 7.05 Å². The molecule has 22 heavy (non-hydrogen) atoms. The minimum Gasteiger partial charge on any atom is -0.384 e. The number of hydrogen-bond acceptors (Lipinski definition) is 4. The van der Waals surface area contributed by atoms with Crippen molar-refractivity contribution >= 4 is 10.0 Å². The molecule has 0 aliphatic heterocycles. The molecule has 7 heteroatoms. The third-order valence-electron chi connectivity index (χ3n) is 3.47. The Bertz CT molecular complexity index is 709. The average molecular weight is 323 g/mol. The zero-order valence-electron chi connectivity index (χ0n) is 12.7. The van der Waals surface area contributed by atoms with Crippen molar-refractivity contribution in [3.05, 3.63) is 53.9 Å². The SMILES string of the molecule is Cn1cc([C@@](C)(O)CNS(=O)(=O)CCc2ccccc2)cn1. The summed E-state index contributed by atoms with van der Waals surface area (Å²) in [6.45, 7) is 1.47. The van der Waals surface area contributed by atoms with Crippen LogP contribution in [-0.4, -0.2) is 35.6 Å². The van der Waals surface area contributed by atoms with Crippen LogP contribution >= 0.6 is 0 Å². The predicted octanol–water partition coefficient (Wildman–Crippen LogP) is 0.790. The van der Waals surface area contributed by atoms with E-state index in [9.17, 15) is 13.5 Å². The molecular weight excluding hydrogens is 302 g/mol. The molecule has 1 atom stereocenters. The second-order valence-electron chi connectivity index (χ2n) is 5.55. The molecule has 2 N–H and O–H groups in total. The summed E-state index contributed by atoms with van der Waals surface area (Å²) in [6.07, 6.45) is 3.63. The number of nitrogens with zero attached hydrogens (tertiary/aromatic N) is 2. The van der Waals surface area contributed by atoms with Gasteiger partial charge >= 0.3 is 0 Å². The Morgan fingerprint density at radius 2 is 2.00 bits per heavy atom. The quantitative estimate of drug-likeness (QED) is 0.789. The predicted molar refractivity (Wildman–Crippen MR) is 84.7 cm³/mol. The maximum atomic E-state index is 12.0. The van der Waals surface area contributed by atoms with Crippen LogP contribution in [0, 0.1) is 0 Å². The summed E-state index contributed by atoms with van der Waals surface area (Å²) in [5.41, 5.74) is 0.237. The van der Waals surface area contributed by atoms with Gasteiger partial charge in [0.1, 0.15) is 5.60 Å². The Hall–Kier alpha value is -1.70. The van der Waals surface area contributed by atoms with Gasteiger partial charge in [0.25, 0.3) is 0 Å². The maximum absolute atomic E-state index is 12.0. The number of rotatable bonds is 7. The molecule has 0 radical (unpaired) electrons. The smallest absolute Gasteiger partial charge is 0.212 e. The molecule has 0 amide bonds. The van der Waals surface area contributed by atoms with E-state index in [1.165, 1.54) is 6.20 Å². The first-order valence-corrected chi connectivity index (χ1v) is 8.66. The molecule has 1 aromatic carbocycles. The van der Waals surface area contributed by atoms with E-state index in [0.29, 0.717) is 12.0 Å². The van der Waals surface area contributed by atoms with Gasteiger partial charge in [-0.2, -0.15) is 5.10 Å². The Balaban J connectivity index is 1.92. The summed E-state index contributed by atoms with van der Waals surface area (Å²) < 4.78 is 28.1. The topological polar surface area (TPSA) is 84.2 Å². The van der Waals surface area contributed by atoms with Gasteiger partial charge in [-0.05, 0) is 18.9 Å². The Morgan fingerprint density at radius 1 is 1.32 bits per heavy atom. The van der Waals surface area contributed by atoms with Gasteiger partial charge in [0.05, 0.1) is 11.9 Å². The summed E-state index contributed by atoms with van der Waals surface area (Å²) in [7, 11) is -1.71. The first kappa shape index (κ1) is 16.7. The van der Waals surface area contributed by atoms with Gasteiger partial charge < -0.3 is 5.11 Å². The van der Waals surface area contributed by atoms with Crippen LogP contribution in [0.3, 0.4) is 0 Å². The van der Waals surface area contributed by atoms with Gasteiger partial charge in [-0.25, -0.2) is 13.1 Å². The normalized spacial score (nSPS) is 14.7. The highest BCUT2D eigenvalue weighted by Gasteiger charge is 2.26. The number of aliphatic hydroxyl groups is 1. The van der Waals surface area contributed by atoms with Gasteiger partial charge in [0, 0.05) is 25.4 Å². The number of sulfonamides is 1. The second kappa shape index (κ2) is 6.60. The van der Waals surface area contributed by atoms with E-state index in [-0.39, 0.29) is 12.3 Å². The van der Waals surface area contributed by atoms with E-state index in [4.69, 9.17) is 0 Å². The number of benzene rings is 1. The molecule has 1 heterocycles. The minimum atomic E-state index is -3.45. The molecule has 0 aliphatic carbocycles. The largest absolute Gasteiger partial charge is 0.384 e. The molecule has 2 aromatic rings. The van der Waals surface area contributed by atoms with E-state index >= 15 is 0 Å². The highest BCUT2D eigenvalue weighted by molar-refractivity contribution is 7.89. The lowest BCUT2D eigenvalue weighted by Gasteiger charge is -2.22. The number of aryl methyl sites for hydroxylation is 2. The van der Waals surface area contributed by atoms with Crippen molar-refractivity contribution in [3.63, 3.8) is 0 Å². The highest BCUT2D eigenvalue weighted by Crippen LogP contribution is 2.18. The van der Waals surface area contributed by atoms with Crippen LogP contribution in [-0.2, 0) is 29.1 Å². The highest BCUT2D eigenvalue weighted by atomic mass is 32.2. The summed E-state index contributed by atoms with van der Waals surface area (Å²) in [5, 5.41) is 14.4. The third kappa shape index (κ3) is 4.66. The lowest BCUT2D eigenvalue weighted by molar-refractivity contribution is 0.0627. The monoisotopic (exact) mass is 323 g/mol. The van der Waals surface area contributed by atoms with Crippen LogP contribution in [0.2, 0.25) is 0 Å². The van der Waals surface area contributed by atoms with E-state index < -0.39 is 15.6 Å². The van der Waals surface area contributed by atoms with Gasteiger partial charge in [0.2, 0.25) is 10.0 Å².